The molecule has 0 aliphatic heterocycles. The van der Waals surface area contributed by atoms with Crippen LogP contribution < -0.4 is 10.5 Å². The first-order valence-corrected chi connectivity index (χ1v) is 6.59. The van der Waals surface area contributed by atoms with E-state index in [2.05, 4.69) is 4.74 Å². The van der Waals surface area contributed by atoms with Crippen LogP contribution >= 0.6 is 0 Å². The first-order chi connectivity index (χ1) is 9.81. The summed E-state index contributed by atoms with van der Waals surface area (Å²) in [5, 5.41) is 11.0. The van der Waals surface area contributed by atoms with Crippen LogP contribution in [0.25, 0.3) is 0 Å². The van der Waals surface area contributed by atoms with Crippen molar-refractivity contribution in [2.75, 3.05) is 13.7 Å². The van der Waals surface area contributed by atoms with Gasteiger partial charge in [-0.15, -0.1) is 0 Å². The number of nitro groups is 1. The van der Waals surface area contributed by atoms with Gasteiger partial charge in [0.1, 0.15) is 5.54 Å². The van der Waals surface area contributed by atoms with Crippen LogP contribution in [0.2, 0.25) is 0 Å². The predicted molar refractivity (Wildman–Crippen MR) is 77.2 cm³/mol. The van der Waals surface area contributed by atoms with E-state index in [1.54, 1.807) is 12.1 Å². The number of nitrogens with two attached hydrogens (primary N) is 1. The van der Waals surface area contributed by atoms with Crippen LogP contribution in [0.4, 0.5) is 5.69 Å². The molecule has 0 aliphatic carbocycles. The third-order valence-corrected chi connectivity index (χ3v) is 3.16. The lowest BCUT2D eigenvalue weighted by Crippen LogP contribution is -2.46. The first kappa shape index (κ1) is 16.9. The second-order valence-corrected chi connectivity index (χ2v) is 4.92. The molecule has 1 aromatic rings. The lowest BCUT2D eigenvalue weighted by atomic mass is 10.0. The molecule has 2 N–H and O–H groups in total. The number of hydrogen-bond acceptors (Lipinski definition) is 6. The number of nitro benzene ring substituents is 1. The minimum atomic E-state index is -1.19. The molecular formula is C14H20N2O5. The van der Waals surface area contributed by atoms with Crippen LogP contribution in [0, 0.1) is 10.1 Å². The number of hydrogen-bond donors (Lipinski definition) is 1. The van der Waals surface area contributed by atoms with Crippen molar-refractivity contribution in [2.24, 2.45) is 5.73 Å². The normalized spacial score (nSPS) is 13.3. The summed E-state index contributed by atoms with van der Waals surface area (Å²) in [7, 11) is 1.25. The average Bonchev–Trinajstić information content (AvgIpc) is 2.46. The number of esters is 1. The minimum absolute atomic E-state index is 0.0778. The second kappa shape index (κ2) is 7.03. The molecule has 0 fully saturated rings. The molecule has 0 spiro atoms. The van der Waals surface area contributed by atoms with E-state index in [4.69, 9.17) is 10.5 Å². The van der Waals surface area contributed by atoms with Gasteiger partial charge in [0.2, 0.25) is 0 Å². The molecule has 0 bridgehead atoms. The molecular weight excluding hydrogens is 276 g/mol. The van der Waals surface area contributed by atoms with E-state index in [0.717, 1.165) is 5.56 Å². The fraction of sp³-hybridized carbons (Fsp3) is 0.500. The maximum Gasteiger partial charge on any atom is 0.325 e. The Morgan fingerprint density at radius 3 is 2.67 bits per heavy atom. The van der Waals surface area contributed by atoms with Crippen molar-refractivity contribution in [1.82, 2.24) is 0 Å². The third-order valence-electron chi connectivity index (χ3n) is 3.16. The van der Waals surface area contributed by atoms with Gasteiger partial charge in [-0.3, -0.25) is 14.9 Å². The zero-order chi connectivity index (χ0) is 16.0. The van der Waals surface area contributed by atoms with Crippen molar-refractivity contribution in [3.05, 3.63) is 33.9 Å². The molecule has 0 radical (unpaired) electrons. The highest BCUT2D eigenvalue weighted by Gasteiger charge is 2.29. The van der Waals surface area contributed by atoms with E-state index in [0.29, 0.717) is 6.42 Å². The highest BCUT2D eigenvalue weighted by molar-refractivity contribution is 5.79. The van der Waals surface area contributed by atoms with Gasteiger partial charge in [-0.05, 0) is 25.0 Å². The fourth-order valence-electron chi connectivity index (χ4n) is 1.76. The first-order valence-electron chi connectivity index (χ1n) is 6.59. The maximum atomic E-state index is 11.4. The van der Waals surface area contributed by atoms with Gasteiger partial charge < -0.3 is 15.2 Å². The molecule has 0 saturated heterocycles. The van der Waals surface area contributed by atoms with Gasteiger partial charge in [0.15, 0.2) is 5.75 Å². The molecule has 1 aromatic carbocycles. The number of ether oxygens (including phenoxy) is 2. The molecule has 0 aromatic heterocycles. The second-order valence-electron chi connectivity index (χ2n) is 4.92. The van der Waals surface area contributed by atoms with E-state index in [-0.39, 0.29) is 24.5 Å². The van der Waals surface area contributed by atoms with Crippen molar-refractivity contribution in [2.45, 2.75) is 32.2 Å². The maximum absolute atomic E-state index is 11.4. The Morgan fingerprint density at radius 1 is 1.48 bits per heavy atom. The van der Waals surface area contributed by atoms with Crippen LogP contribution in [-0.4, -0.2) is 30.1 Å². The molecule has 0 saturated carbocycles. The quantitative estimate of drug-likeness (QED) is 0.467. The van der Waals surface area contributed by atoms with Crippen LogP contribution in [-0.2, 0) is 16.0 Å². The van der Waals surface area contributed by atoms with Gasteiger partial charge >= 0.3 is 11.7 Å². The Kier molecular flexibility index (Phi) is 5.66. The highest BCUT2D eigenvalue weighted by atomic mass is 16.6. The third kappa shape index (κ3) is 4.42. The molecule has 0 aliphatic rings. The summed E-state index contributed by atoms with van der Waals surface area (Å²) in [5.74, 6) is -0.389. The van der Waals surface area contributed by atoms with Crippen molar-refractivity contribution >= 4 is 11.7 Å². The van der Waals surface area contributed by atoms with Crippen LogP contribution in [0.15, 0.2) is 18.2 Å². The van der Waals surface area contributed by atoms with Crippen LogP contribution in [0.5, 0.6) is 5.75 Å². The van der Waals surface area contributed by atoms with Gasteiger partial charge in [0.25, 0.3) is 0 Å². The smallest absolute Gasteiger partial charge is 0.325 e. The van der Waals surface area contributed by atoms with Crippen LogP contribution in [0.1, 0.15) is 25.8 Å². The van der Waals surface area contributed by atoms with Crippen molar-refractivity contribution < 1.29 is 19.2 Å². The number of benzene rings is 1. The number of nitrogens with zero attached hydrogens (tertiary/aromatic N) is 1. The Hall–Kier alpha value is -2.15. The molecule has 7 nitrogen and oxygen atoms in total. The summed E-state index contributed by atoms with van der Waals surface area (Å²) in [5.41, 5.74) is 5.36. The van der Waals surface area contributed by atoms with Gasteiger partial charge in [-0.1, -0.05) is 13.0 Å². The van der Waals surface area contributed by atoms with Crippen molar-refractivity contribution in [3.63, 3.8) is 0 Å². The molecule has 7 heteroatoms. The molecule has 116 valence electrons. The number of carbonyl (C=O) groups is 1. The number of carbonyl (C=O) groups excluding carboxylic acids is 1. The van der Waals surface area contributed by atoms with Gasteiger partial charge in [0.05, 0.1) is 18.6 Å². The van der Waals surface area contributed by atoms with E-state index in [9.17, 15) is 14.9 Å². The lowest BCUT2D eigenvalue weighted by molar-refractivity contribution is -0.385. The average molecular weight is 296 g/mol. The summed E-state index contributed by atoms with van der Waals surface area (Å²) in [4.78, 5) is 22.0. The van der Waals surface area contributed by atoms with E-state index >= 15 is 0 Å². The highest BCUT2D eigenvalue weighted by Crippen LogP contribution is 2.28. The predicted octanol–water partition coefficient (Wildman–Crippen LogP) is 1.82. The van der Waals surface area contributed by atoms with Gasteiger partial charge in [0, 0.05) is 12.5 Å². The summed E-state index contributed by atoms with van der Waals surface area (Å²) >= 11 is 0. The molecule has 0 heterocycles. The summed E-state index contributed by atoms with van der Waals surface area (Å²) in [6.07, 6.45) is 0.886. The van der Waals surface area contributed by atoms with E-state index < -0.39 is 16.4 Å². The topological polar surface area (TPSA) is 105 Å². The largest absolute Gasteiger partial charge is 0.487 e. The lowest BCUT2D eigenvalue weighted by Gasteiger charge is -2.21. The van der Waals surface area contributed by atoms with Crippen LogP contribution in [0.3, 0.4) is 0 Å². The SMILES string of the molecule is CCc1ccc(OCCC(C)(N)C(=O)OC)c([N+](=O)[O-])c1. The fourth-order valence-corrected chi connectivity index (χ4v) is 1.76. The van der Waals surface area contributed by atoms with Gasteiger partial charge in [-0.25, -0.2) is 0 Å². The summed E-state index contributed by atoms with van der Waals surface area (Å²) < 4.78 is 9.98. The molecule has 1 unspecified atom stereocenters. The zero-order valence-corrected chi connectivity index (χ0v) is 12.4. The summed E-state index contributed by atoms with van der Waals surface area (Å²) in [6, 6.07) is 4.81. The molecule has 1 rings (SSSR count). The molecule has 21 heavy (non-hydrogen) atoms. The Balaban J connectivity index is 2.76. The zero-order valence-electron chi connectivity index (χ0n) is 12.4. The minimum Gasteiger partial charge on any atom is -0.487 e. The van der Waals surface area contributed by atoms with Gasteiger partial charge in [-0.2, -0.15) is 0 Å². The van der Waals surface area contributed by atoms with Crippen molar-refractivity contribution in [3.8, 4) is 5.75 Å². The van der Waals surface area contributed by atoms with E-state index in [1.807, 2.05) is 6.92 Å². The Bertz CT molecular complexity index is 528. The summed E-state index contributed by atoms with van der Waals surface area (Å²) in [6.45, 7) is 3.51. The Morgan fingerprint density at radius 2 is 2.14 bits per heavy atom. The van der Waals surface area contributed by atoms with E-state index in [1.165, 1.54) is 20.1 Å². The monoisotopic (exact) mass is 296 g/mol. The number of methoxy groups -OCH3 is 1. The van der Waals surface area contributed by atoms with Crippen molar-refractivity contribution in [1.29, 1.82) is 0 Å². The number of aryl methyl sites for hydroxylation is 1. The molecule has 0 amide bonds. The Labute approximate surface area is 123 Å². The molecule has 1 atom stereocenters. The standard InChI is InChI=1S/C14H20N2O5/c1-4-10-5-6-12(11(9-10)16(18)19)21-8-7-14(2,15)13(17)20-3/h5-6,9H,4,7-8,15H2,1-3H3. The number of rotatable bonds is 7.